The van der Waals surface area contributed by atoms with Crippen molar-refractivity contribution in [2.45, 2.75) is 58.3 Å². The molecule has 2 aliphatic heterocycles. The van der Waals surface area contributed by atoms with E-state index in [-0.39, 0.29) is 17.3 Å². The first-order chi connectivity index (χ1) is 14.1. The lowest BCUT2D eigenvalue weighted by Crippen LogP contribution is -2.47. The number of amides is 1. The van der Waals surface area contributed by atoms with Gasteiger partial charge in [-0.3, -0.25) is 9.59 Å². The molecule has 0 N–H and O–H groups in total. The summed E-state index contributed by atoms with van der Waals surface area (Å²) in [5, 5.41) is 0. The molecule has 29 heavy (non-hydrogen) atoms. The summed E-state index contributed by atoms with van der Waals surface area (Å²) in [5.74, 6) is 0.702. The minimum atomic E-state index is -0.383. The van der Waals surface area contributed by atoms with Crippen molar-refractivity contribution in [2.24, 2.45) is 11.3 Å². The molecule has 1 amide bonds. The maximum Gasteiger partial charge on any atom is 0.312 e. The van der Waals surface area contributed by atoms with Crippen LogP contribution in [0.3, 0.4) is 0 Å². The van der Waals surface area contributed by atoms with Gasteiger partial charge in [0.2, 0.25) is 0 Å². The molecule has 1 saturated carbocycles. The fourth-order valence-corrected chi connectivity index (χ4v) is 4.94. The van der Waals surface area contributed by atoms with E-state index in [1.54, 1.807) is 0 Å². The summed E-state index contributed by atoms with van der Waals surface area (Å²) in [5.41, 5.74) is 1.58. The van der Waals surface area contributed by atoms with E-state index in [0.717, 1.165) is 37.9 Å². The number of nitrogens with zero attached hydrogens (tertiary/aromatic N) is 2. The molecule has 3 aliphatic rings. The van der Waals surface area contributed by atoms with Crippen LogP contribution in [0.4, 0.5) is 5.69 Å². The number of anilines is 1. The molecule has 158 valence electrons. The molecule has 2 heterocycles. The fraction of sp³-hybridized carbons (Fsp3) is 0.667. The third-order valence-electron chi connectivity index (χ3n) is 6.93. The first kappa shape index (κ1) is 20.2. The molecular formula is C24H34N2O3. The van der Waals surface area contributed by atoms with Gasteiger partial charge >= 0.3 is 5.97 Å². The van der Waals surface area contributed by atoms with Gasteiger partial charge in [-0.15, -0.1) is 0 Å². The van der Waals surface area contributed by atoms with Gasteiger partial charge in [-0.05, 0) is 75.6 Å². The zero-order chi connectivity index (χ0) is 20.3. The molecule has 0 unspecified atom stereocenters. The first-order valence-corrected chi connectivity index (χ1v) is 11.4. The second-order valence-corrected chi connectivity index (χ2v) is 9.04. The summed E-state index contributed by atoms with van der Waals surface area (Å²) in [6.07, 6.45) is 8.64. The lowest BCUT2D eigenvalue weighted by molar-refractivity contribution is -0.159. The Morgan fingerprint density at radius 1 is 1.00 bits per heavy atom. The topological polar surface area (TPSA) is 49.9 Å². The summed E-state index contributed by atoms with van der Waals surface area (Å²) in [6, 6.07) is 8.09. The van der Waals surface area contributed by atoms with Crippen LogP contribution in [0.25, 0.3) is 0 Å². The number of hydrogen-bond acceptors (Lipinski definition) is 4. The third kappa shape index (κ3) is 4.59. The van der Waals surface area contributed by atoms with Crippen LogP contribution in [0.2, 0.25) is 0 Å². The van der Waals surface area contributed by atoms with Crippen LogP contribution < -0.4 is 4.90 Å². The Kier molecular flexibility index (Phi) is 6.12. The SMILES string of the molecule is CCOC(=O)C1(CC2CC2)CCN(C(=O)c2ccc(N3CCCCC3)cc2)CC1. The van der Waals surface area contributed by atoms with E-state index in [4.69, 9.17) is 4.74 Å². The van der Waals surface area contributed by atoms with Crippen LogP contribution in [0.1, 0.15) is 68.6 Å². The number of likely N-dealkylation sites (tertiary alicyclic amines) is 1. The van der Waals surface area contributed by atoms with Gasteiger partial charge < -0.3 is 14.5 Å². The molecule has 0 atom stereocenters. The average Bonchev–Trinajstić information content (AvgIpc) is 3.58. The Morgan fingerprint density at radius 2 is 1.66 bits per heavy atom. The van der Waals surface area contributed by atoms with E-state index < -0.39 is 0 Å². The van der Waals surface area contributed by atoms with Crippen LogP contribution in [-0.2, 0) is 9.53 Å². The number of piperidine rings is 2. The molecule has 5 heteroatoms. The summed E-state index contributed by atoms with van der Waals surface area (Å²) in [7, 11) is 0. The largest absolute Gasteiger partial charge is 0.466 e. The molecule has 0 radical (unpaired) electrons. The van der Waals surface area contributed by atoms with Crippen LogP contribution in [0, 0.1) is 11.3 Å². The van der Waals surface area contributed by atoms with Gasteiger partial charge in [0.15, 0.2) is 0 Å². The predicted octanol–water partition coefficient (Wildman–Crippen LogP) is 4.26. The van der Waals surface area contributed by atoms with E-state index >= 15 is 0 Å². The quantitative estimate of drug-likeness (QED) is 0.672. The number of carbonyl (C=O) groups excluding carboxylic acids is 2. The first-order valence-electron chi connectivity index (χ1n) is 11.4. The van der Waals surface area contributed by atoms with E-state index in [1.165, 1.54) is 37.8 Å². The van der Waals surface area contributed by atoms with Crippen LogP contribution in [-0.4, -0.2) is 49.6 Å². The van der Waals surface area contributed by atoms with E-state index in [9.17, 15) is 9.59 Å². The molecule has 3 fully saturated rings. The molecule has 2 saturated heterocycles. The average molecular weight is 399 g/mol. The van der Waals surface area contributed by atoms with E-state index in [0.29, 0.717) is 25.6 Å². The van der Waals surface area contributed by atoms with Crippen molar-refractivity contribution in [3.63, 3.8) is 0 Å². The Morgan fingerprint density at radius 3 is 2.24 bits per heavy atom. The number of benzene rings is 1. The highest BCUT2D eigenvalue weighted by molar-refractivity contribution is 5.94. The molecular weight excluding hydrogens is 364 g/mol. The Labute approximate surface area is 174 Å². The van der Waals surface area contributed by atoms with Gasteiger partial charge in [-0.25, -0.2) is 0 Å². The van der Waals surface area contributed by atoms with Gasteiger partial charge in [0.25, 0.3) is 5.91 Å². The zero-order valence-electron chi connectivity index (χ0n) is 17.7. The highest BCUT2D eigenvalue weighted by Gasteiger charge is 2.46. The maximum atomic E-state index is 13.0. The number of carbonyl (C=O) groups is 2. The van der Waals surface area contributed by atoms with Crippen molar-refractivity contribution >= 4 is 17.6 Å². The molecule has 1 aliphatic carbocycles. The Balaban J connectivity index is 1.38. The van der Waals surface area contributed by atoms with Crippen molar-refractivity contribution in [2.75, 3.05) is 37.7 Å². The van der Waals surface area contributed by atoms with Crippen LogP contribution >= 0.6 is 0 Å². The van der Waals surface area contributed by atoms with Crippen LogP contribution in [0.5, 0.6) is 0 Å². The van der Waals surface area contributed by atoms with Crippen molar-refractivity contribution in [1.82, 2.24) is 4.90 Å². The number of rotatable bonds is 6. The highest BCUT2D eigenvalue weighted by Crippen LogP contribution is 2.46. The van der Waals surface area contributed by atoms with Gasteiger partial charge in [-0.1, -0.05) is 12.8 Å². The Hall–Kier alpha value is -2.04. The van der Waals surface area contributed by atoms with Crippen molar-refractivity contribution in [3.05, 3.63) is 29.8 Å². The Bertz CT molecular complexity index is 712. The highest BCUT2D eigenvalue weighted by atomic mass is 16.5. The lowest BCUT2D eigenvalue weighted by Gasteiger charge is -2.40. The number of hydrogen-bond donors (Lipinski definition) is 0. The number of ether oxygens (including phenoxy) is 1. The van der Waals surface area contributed by atoms with Gasteiger partial charge in [0.05, 0.1) is 12.0 Å². The van der Waals surface area contributed by atoms with Gasteiger partial charge in [0.1, 0.15) is 0 Å². The third-order valence-corrected chi connectivity index (χ3v) is 6.93. The summed E-state index contributed by atoms with van der Waals surface area (Å²) in [6.45, 7) is 5.79. The minimum absolute atomic E-state index is 0.0510. The summed E-state index contributed by atoms with van der Waals surface area (Å²) < 4.78 is 5.42. The van der Waals surface area contributed by atoms with Gasteiger partial charge in [-0.2, -0.15) is 0 Å². The minimum Gasteiger partial charge on any atom is -0.466 e. The van der Waals surface area contributed by atoms with Crippen LogP contribution in [0.15, 0.2) is 24.3 Å². The van der Waals surface area contributed by atoms with Crippen molar-refractivity contribution in [3.8, 4) is 0 Å². The molecule has 0 aromatic heterocycles. The van der Waals surface area contributed by atoms with E-state index in [2.05, 4.69) is 17.0 Å². The fourth-order valence-electron chi connectivity index (χ4n) is 4.94. The summed E-state index contributed by atoms with van der Waals surface area (Å²) >= 11 is 0. The number of esters is 1. The molecule has 1 aromatic carbocycles. The molecule has 5 nitrogen and oxygen atoms in total. The second-order valence-electron chi connectivity index (χ2n) is 9.04. The predicted molar refractivity (Wildman–Crippen MR) is 114 cm³/mol. The standard InChI is InChI=1S/C24H34N2O3/c1-2-29-23(28)24(18-19-6-7-19)12-16-26(17-13-24)22(27)20-8-10-21(11-9-20)25-14-4-3-5-15-25/h8-11,19H,2-7,12-18H2,1H3. The van der Waals surface area contributed by atoms with Gasteiger partial charge in [0, 0.05) is 37.4 Å². The smallest absolute Gasteiger partial charge is 0.312 e. The molecule has 0 spiro atoms. The maximum absolute atomic E-state index is 13.0. The second kappa shape index (κ2) is 8.76. The van der Waals surface area contributed by atoms with Crippen molar-refractivity contribution in [1.29, 1.82) is 0 Å². The molecule has 4 rings (SSSR count). The normalized spacial score (nSPS) is 21.7. The zero-order valence-corrected chi connectivity index (χ0v) is 17.7. The van der Waals surface area contributed by atoms with E-state index in [1.807, 2.05) is 24.0 Å². The lowest BCUT2D eigenvalue weighted by atomic mass is 9.74. The summed E-state index contributed by atoms with van der Waals surface area (Å²) in [4.78, 5) is 30.0. The molecule has 1 aromatic rings. The molecule has 0 bridgehead atoms. The van der Waals surface area contributed by atoms with Crippen molar-refractivity contribution < 1.29 is 14.3 Å². The monoisotopic (exact) mass is 398 g/mol.